The van der Waals surface area contributed by atoms with Crippen LogP contribution in [0.1, 0.15) is 39.7 Å². The van der Waals surface area contributed by atoms with Gasteiger partial charge in [0.2, 0.25) is 5.91 Å². The van der Waals surface area contributed by atoms with Crippen LogP contribution >= 0.6 is 0 Å². The molecule has 27 heavy (non-hydrogen) atoms. The van der Waals surface area contributed by atoms with Crippen LogP contribution in [0.15, 0.2) is 35.9 Å². The molecule has 2 aliphatic rings. The zero-order valence-corrected chi connectivity index (χ0v) is 17.2. The largest absolute Gasteiger partial charge is 0.334 e. The van der Waals surface area contributed by atoms with Crippen molar-refractivity contribution in [1.82, 2.24) is 4.90 Å². The summed E-state index contributed by atoms with van der Waals surface area (Å²) in [7, 11) is -3.11. The minimum atomic E-state index is -3.11. The number of benzene rings is 1. The third kappa shape index (κ3) is 4.26. The number of hydrogen-bond acceptors (Lipinski definition) is 3. The number of carbonyl (C=O) groups is 1. The van der Waals surface area contributed by atoms with Crippen LogP contribution in [0.2, 0.25) is 0 Å². The van der Waals surface area contributed by atoms with Crippen LogP contribution in [0.4, 0.5) is 4.39 Å². The number of carbonyl (C=O) groups excluding carboxylic acids is 1. The summed E-state index contributed by atoms with van der Waals surface area (Å²) in [5.41, 5.74) is 1.86. The lowest BCUT2D eigenvalue weighted by molar-refractivity contribution is -0.136. The molecule has 4 nitrogen and oxygen atoms in total. The second-order valence-corrected chi connectivity index (χ2v) is 10.9. The van der Waals surface area contributed by atoms with Crippen molar-refractivity contribution >= 4 is 15.7 Å². The number of amides is 1. The first kappa shape index (κ1) is 20.1. The SMILES string of the molecule is CC(C)=C[C@@H]1[C@H](C(=O)N(Cc2ccc(F)cc2)[C@H]2CCS(=O)(=O)C2)C1(C)C. The van der Waals surface area contributed by atoms with Gasteiger partial charge in [0.15, 0.2) is 9.84 Å². The summed E-state index contributed by atoms with van der Waals surface area (Å²) < 4.78 is 37.2. The lowest BCUT2D eigenvalue weighted by Gasteiger charge is -2.29. The number of sulfone groups is 1. The fourth-order valence-electron chi connectivity index (χ4n) is 4.19. The van der Waals surface area contributed by atoms with Crippen molar-refractivity contribution in [1.29, 1.82) is 0 Å². The number of rotatable bonds is 5. The fourth-order valence-corrected chi connectivity index (χ4v) is 5.92. The van der Waals surface area contributed by atoms with Crippen molar-refractivity contribution in [3.8, 4) is 0 Å². The van der Waals surface area contributed by atoms with E-state index in [0.717, 1.165) is 5.56 Å². The van der Waals surface area contributed by atoms with Crippen molar-refractivity contribution in [3.05, 3.63) is 47.3 Å². The van der Waals surface area contributed by atoms with E-state index in [9.17, 15) is 17.6 Å². The molecule has 1 saturated carbocycles. The van der Waals surface area contributed by atoms with Gasteiger partial charge in [0.05, 0.1) is 17.4 Å². The molecule has 6 heteroatoms. The molecule has 1 heterocycles. The van der Waals surface area contributed by atoms with E-state index in [0.29, 0.717) is 13.0 Å². The fraction of sp³-hybridized carbons (Fsp3) is 0.571. The first-order chi connectivity index (χ1) is 12.5. The molecule has 148 valence electrons. The van der Waals surface area contributed by atoms with Gasteiger partial charge in [-0.3, -0.25) is 4.79 Å². The molecule has 1 aliphatic heterocycles. The maximum atomic E-state index is 13.4. The van der Waals surface area contributed by atoms with Gasteiger partial charge in [-0.25, -0.2) is 12.8 Å². The van der Waals surface area contributed by atoms with E-state index in [1.165, 1.54) is 17.7 Å². The van der Waals surface area contributed by atoms with Gasteiger partial charge in [-0.2, -0.15) is 0 Å². The third-order valence-electron chi connectivity index (χ3n) is 5.89. The lowest BCUT2D eigenvalue weighted by atomic mass is 10.1. The monoisotopic (exact) mass is 393 g/mol. The van der Waals surface area contributed by atoms with Crippen LogP contribution in [-0.4, -0.2) is 36.8 Å². The zero-order valence-electron chi connectivity index (χ0n) is 16.4. The maximum absolute atomic E-state index is 13.4. The molecule has 0 unspecified atom stereocenters. The molecule has 1 aromatic carbocycles. The van der Waals surface area contributed by atoms with Crippen LogP contribution in [-0.2, 0) is 21.2 Å². The number of halogens is 1. The number of nitrogens with zero attached hydrogens (tertiary/aromatic N) is 1. The summed E-state index contributed by atoms with van der Waals surface area (Å²) in [6.45, 7) is 8.53. The maximum Gasteiger partial charge on any atom is 0.227 e. The quantitative estimate of drug-likeness (QED) is 0.719. The Balaban J connectivity index is 1.86. The number of allylic oxidation sites excluding steroid dienone is 2. The molecule has 2 fully saturated rings. The Morgan fingerprint density at radius 3 is 2.41 bits per heavy atom. The van der Waals surface area contributed by atoms with Crippen LogP contribution in [0.5, 0.6) is 0 Å². The summed E-state index contributed by atoms with van der Waals surface area (Å²) in [6.07, 6.45) is 2.61. The van der Waals surface area contributed by atoms with Crippen LogP contribution in [0.3, 0.4) is 0 Å². The first-order valence-corrected chi connectivity index (χ1v) is 11.2. The highest BCUT2D eigenvalue weighted by atomic mass is 32.2. The predicted molar refractivity (Wildman–Crippen MR) is 104 cm³/mol. The first-order valence-electron chi connectivity index (χ1n) is 9.41. The Morgan fingerprint density at radius 1 is 1.26 bits per heavy atom. The van der Waals surface area contributed by atoms with E-state index in [1.807, 2.05) is 13.8 Å². The van der Waals surface area contributed by atoms with E-state index in [4.69, 9.17) is 0 Å². The van der Waals surface area contributed by atoms with Crippen LogP contribution < -0.4 is 0 Å². The summed E-state index contributed by atoms with van der Waals surface area (Å²) >= 11 is 0. The molecule has 1 saturated heterocycles. The Morgan fingerprint density at radius 2 is 1.89 bits per heavy atom. The summed E-state index contributed by atoms with van der Waals surface area (Å²) in [4.78, 5) is 15.1. The van der Waals surface area contributed by atoms with Gasteiger partial charge in [0.1, 0.15) is 5.82 Å². The van der Waals surface area contributed by atoms with Crippen molar-refractivity contribution in [2.75, 3.05) is 11.5 Å². The van der Waals surface area contributed by atoms with Crippen molar-refractivity contribution < 1.29 is 17.6 Å². The normalized spacial score (nSPS) is 27.8. The van der Waals surface area contributed by atoms with Gasteiger partial charge in [-0.15, -0.1) is 0 Å². The van der Waals surface area contributed by atoms with E-state index < -0.39 is 9.84 Å². The molecule has 0 aromatic heterocycles. The molecular weight excluding hydrogens is 365 g/mol. The minimum Gasteiger partial charge on any atom is -0.334 e. The van der Waals surface area contributed by atoms with E-state index in [2.05, 4.69) is 19.9 Å². The van der Waals surface area contributed by atoms with Gasteiger partial charge in [0.25, 0.3) is 0 Å². The highest BCUT2D eigenvalue weighted by Gasteiger charge is 2.61. The molecule has 0 bridgehead atoms. The van der Waals surface area contributed by atoms with Gasteiger partial charge >= 0.3 is 0 Å². The smallest absolute Gasteiger partial charge is 0.227 e. The molecule has 1 aromatic rings. The van der Waals surface area contributed by atoms with Crippen LogP contribution in [0, 0.1) is 23.1 Å². The Kier molecular flexibility index (Phi) is 5.23. The average Bonchev–Trinajstić information content (AvgIpc) is 2.90. The topological polar surface area (TPSA) is 54.5 Å². The van der Waals surface area contributed by atoms with Crippen molar-refractivity contribution in [3.63, 3.8) is 0 Å². The van der Waals surface area contributed by atoms with Crippen molar-refractivity contribution in [2.45, 2.75) is 46.7 Å². The molecule has 3 atom stereocenters. The average molecular weight is 394 g/mol. The molecule has 0 spiro atoms. The van der Waals surface area contributed by atoms with Crippen LogP contribution in [0.25, 0.3) is 0 Å². The van der Waals surface area contributed by atoms with Gasteiger partial charge in [-0.05, 0) is 49.3 Å². The summed E-state index contributed by atoms with van der Waals surface area (Å²) in [5, 5.41) is 0. The van der Waals surface area contributed by atoms with Gasteiger partial charge < -0.3 is 4.90 Å². The summed E-state index contributed by atoms with van der Waals surface area (Å²) in [5.74, 6) is -0.155. The molecule has 3 rings (SSSR count). The Labute approximate surface area is 161 Å². The summed E-state index contributed by atoms with van der Waals surface area (Å²) in [6, 6.07) is 5.75. The van der Waals surface area contributed by atoms with Gasteiger partial charge in [0, 0.05) is 12.6 Å². The Hall–Kier alpha value is -1.69. The molecule has 1 amide bonds. The molecule has 1 aliphatic carbocycles. The molecular formula is C21H28FNO3S. The zero-order chi connectivity index (χ0) is 20.0. The Bertz CT molecular complexity index is 854. The lowest BCUT2D eigenvalue weighted by Crippen LogP contribution is -2.42. The van der Waals surface area contributed by atoms with E-state index in [-0.39, 0.29) is 46.5 Å². The van der Waals surface area contributed by atoms with Gasteiger partial charge in [-0.1, -0.05) is 37.6 Å². The predicted octanol–water partition coefficient (Wildman–Crippen LogP) is 3.58. The number of hydrogen-bond donors (Lipinski definition) is 0. The van der Waals surface area contributed by atoms with Crippen molar-refractivity contribution in [2.24, 2.45) is 17.3 Å². The van der Waals surface area contributed by atoms with E-state index in [1.54, 1.807) is 17.0 Å². The van der Waals surface area contributed by atoms with E-state index >= 15 is 0 Å². The second-order valence-electron chi connectivity index (χ2n) is 8.72. The minimum absolute atomic E-state index is 0.00826. The third-order valence-corrected chi connectivity index (χ3v) is 7.64. The second kappa shape index (κ2) is 7.04. The molecule has 0 N–H and O–H groups in total. The highest BCUT2D eigenvalue weighted by molar-refractivity contribution is 7.91. The molecule has 0 radical (unpaired) electrons. The standard InChI is InChI=1S/C21H28FNO3S/c1-14(2)11-18-19(21(18,3)4)20(24)23(17-9-10-27(25,26)13-17)12-15-5-7-16(22)8-6-15/h5-8,11,17-19H,9-10,12-13H2,1-4H3/t17-,18+,19+/m0/s1. The highest BCUT2D eigenvalue weighted by Crippen LogP contribution is 2.60.